The van der Waals surface area contributed by atoms with Gasteiger partial charge in [0.15, 0.2) is 0 Å². The molecule has 0 amide bonds. The Balaban J connectivity index is 2.78. The van der Waals surface area contributed by atoms with Gasteiger partial charge in [-0.25, -0.2) is 4.98 Å². The fourth-order valence-corrected chi connectivity index (χ4v) is 1.80. The van der Waals surface area contributed by atoms with Gasteiger partial charge in [0.25, 0.3) is 0 Å². The van der Waals surface area contributed by atoms with Crippen molar-refractivity contribution in [2.45, 2.75) is 5.03 Å². The van der Waals surface area contributed by atoms with Crippen LogP contribution in [0.4, 0.5) is 0 Å². The molecular weight excluding hydrogens is 240 g/mol. The average molecular weight is 245 g/mol. The molecule has 2 heterocycles. The minimum atomic E-state index is 0.776. The number of rotatable bonds is 1. The molecule has 0 aromatic carbocycles. The fraction of sp³-hybridized carbons (Fsp3) is 0.167. The van der Waals surface area contributed by atoms with Gasteiger partial charge in [0.05, 0.1) is 0 Å². The van der Waals surface area contributed by atoms with Crippen LogP contribution in [0.15, 0.2) is 22.0 Å². The predicted molar refractivity (Wildman–Crippen MR) is 50.3 cm³/mol. The van der Waals surface area contributed by atoms with Crippen molar-refractivity contribution in [2.75, 3.05) is 6.26 Å². The van der Waals surface area contributed by atoms with E-state index in [0.29, 0.717) is 0 Å². The lowest BCUT2D eigenvalue weighted by atomic mass is 10.6. The van der Waals surface area contributed by atoms with Crippen LogP contribution in [0, 0.1) is 0 Å². The van der Waals surface area contributed by atoms with E-state index in [1.807, 2.05) is 12.3 Å². The van der Waals surface area contributed by atoms with E-state index in [0.717, 1.165) is 15.1 Å². The zero-order chi connectivity index (χ0) is 8.55. The van der Waals surface area contributed by atoms with E-state index >= 15 is 0 Å². The second kappa shape index (κ2) is 3.02. The van der Waals surface area contributed by atoms with Crippen molar-refractivity contribution in [2.24, 2.45) is 0 Å². The molecule has 0 bridgehead atoms. The Kier molecular flexibility index (Phi) is 2.02. The van der Waals surface area contributed by atoms with E-state index in [1.54, 1.807) is 16.4 Å². The molecule has 2 aromatic heterocycles. The van der Waals surface area contributed by atoms with Crippen LogP contribution in [-0.2, 0) is 0 Å². The maximum Gasteiger partial charge on any atom is 0.139 e. The summed E-state index contributed by atoms with van der Waals surface area (Å²) in [6.45, 7) is 0. The quantitative estimate of drug-likeness (QED) is 0.716. The maximum atomic E-state index is 4.11. The van der Waals surface area contributed by atoms with Gasteiger partial charge >= 0.3 is 0 Å². The van der Waals surface area contributed by atoms with Crippen LogP contribution in [0.3, 0.4) is 0 Å². The highest BCUT2D eigenvalue weighted by Gasteiger charge is 2.04. The first-order valence-corrected chi connectivity index (χ1v) is 5.23. The molecule has 12 heavy (non-hydrogen) atoms. The molecule has 0 saturated carbocycles. The Hall–Kier alpha value is -0.620. The van der Waals surface area contributed by atoms with Crippen LogP contribution in [-0.4, -0.2) is 26.1 Å². The van der Waals surface area contributed by atoms with E-state index < -0.39 is 0 Å². The monoisotopic (exact) mass is 244 g/mol. The van der Waals surface area contributed by atoms with Gasteiger partial charge in [-0.2, -0.15) is 0 Å². The number of aromatic nitrogens is 4. The van der Waals surface area contributed by atoms with E-state index in [2.05, 4.69) is 31.1 Å². The van der Waals surface area contributed by atoms with Crippen molar-refractivity contribution in [3.05, 3.63) is 17.0 Å². The molecule has 0 atom stereocenters. The SMILES string of the molecule is CSc1ncnn2nc(Br)cc12. The summed E-state index contributed by atoms with van der Waals surface area (Å²) in [5.41, 5.74) is 0.928. The van der Waals surface area contributed by atoms with Crippen molar-refractivity contribution in [1.29, 1.82) is 0 Å². The highest BCUT2D eigenvalue weighted by atomic mass is 79.9. The third-order valence-electron chi connectivity index (χ3n) is 1.41. The highest BCUT2D eigenvalue weighted by Crippen LogP contribution is 2.19. The van der Waals surface area contributed by atoms with Gasteiger partial charge in [-0.05, 0) is 22.2 Å². The molecule has 0 saturated heterocycles. The van der Waals surface area contributed by atoms with Gasteiger partial charge in [0, 0.05) is 6.07 Å². The average Bonchev–Trinajstić information content (AvgIpc) is 2.44. The molecule has 0 spiro atoms. The van der Waals surface area contributed by atoms with Crippen molar-refractivity contribution in [3.8, 4) is 0 Å². The van der Waals surface area contributed by atoms with E-state index in [4.69, 9.17) is 0 Å². The lowest BCUT2D eigenvalue weighted by Crippen LogP contribution is -1.95. The number of fused-ring (bicyclic) bond motifs is 1. The predicted octanol–water partition coefficient (Wildman–Crippen LogP) is 1.61. The van der Waals surface area contributed by atoms with Gasteiger partial charge in [-0.15, -0.1) is 26.6 Å². The second-order valence-electron chi connectivity index (χ2n) is 2.11. The third-order valence-corrected chi connectivity index (χ3v) is 2.50. The summed E-state index contributed by atoms with van der Waals surface area (Å²) >= 11 is 4.86. The van der Waals surface area contributed by atoms with Crippen molar-refractivity contribution >= 4 is 33.2 Å². The smallest absolute Gasteiger partial charge is 0.139 e. The molecule has 0 N–H and O–H groups in total. The molecule has 0 aliphatic carbocycles. The molecule has 0 unspecified atom stereocenters. The summed E-state index contributed by atoms with van der Waals surface area (Å²) in [6, 6.07) is 1.89. The molecule has 62 valence electrons. The molecule has 6 heteroatoms. The summed E-state index contributed by atoms with van der Waals surface area (Å²) in [7, 11) is 0. The summed E-state index contributed by atoms with van der Waals surface area (Å²) in [6.07, 6.45) is 3.47. The molecule has 2 aromatic rings. The molecule has 0 aliphatic rings. The second-order valence-corrected chi connectivity index (χ2v) is 3.72. The van der Waals surface area contributed by atoms with Crippen molar-refractivity contribution < 1.29 is 0 Å². The van der Waals surface area contributed by atoms with Crippen LogP contribution in [0.2, 0.25) is 0 Å². The van der Waals surface area contributed by atoms with Crippen LogP contribution in [0.25, 0.3) is 5.52 Å². The lowest BCUT2D eigenvalue weighted by molar-refractivity contribution is 0.755. The first-order valence-electron chi connectivity index (χ1n) is 3.22. The Morgan fingerprint density at radius 3 is 3.17 bits per heavy atom. The topological polar surface area (TPSA) is 43.1 Å². The van der Waals surface area contributed by atoms with Crippen LogP contribution < -0.4 is 0 Å². The maximum absolute atomic E-state index is 4.11. The van der Waals surface area contributed by atoms with Crippen LogP contribution in [0.1, 0.15) is 0 Å². The van der Waals surface area contributed by atoms with Crippen LogP contribution in [0.5, 0.6) is 0 Å². The van der Waals surface area contributed by atoms with Gasteiger partial charge in [-0.3, -0.25) is 0 Å². The van der Waals surface area contributed by atoms with Crippen molar-refractivity contribution in [1.82, 2.24) is 19.8 Å². The summed E-state index contributed by atoms with van der Waals surface area (Å²) in [4.78, 5) is 4.11. The Morgan fingerprint density at radius 1 is 1.58 bits per heavy atom. The first kappa shape index (κ1) is 8.00. The molecule has 2 rings (SSSR count). The minimum Gasteiger partial charge on any atom is -0.226 e. The number of nitrogens with zero attached hydrogens (tertiary/aromatic N) is 4. The molecule has 0 aliphatic heterocycles. The van der Waals surface area contributed by atoms with Gasteiger partial charge in [0.1, 0.15) is 21.5 Å². The minimum absolute atomic E-state index is 0.776. The Bertz CT molecular complexity index is 413. The third kappa shape index (κ3) is 1.21. The van der Waals surface area contributed by atoms with E-state index in [-0.39, 0.29) is 0 Å². The van der Waals surface area contributed by atoms with Gasteiger partial charge in [-0.1, -0.05) is 0 Å². The number of thioether (sulfide) groups is 1. The zero-order valence-corrected chi connectivity index (χ0v) is 8.63. The summed E-state index contributed by atoms with van der Waals surface area (Å²) < 4.78 is 2.33. The Morgan fingerprint density at radius 2 is 2.42 bits per heavy atom. The fourth-order valence-electron chi connectivity index (χ4n) is 0.930. The standard InChI is InChI=1S/C6H5BrN4S/c1-12-6-4-2-5(7)10-11(4)9-3-8-6/h2-3H,1H3. The molecule has 0 radical (unpaired) electrons. The van der Waals surface area contributed by atoms with Crippen LogP contribution >= 0.6 is 27.7 Å². The van der Waals surface area contributed by atoms with Gasteiger partial charge < -0.3 is 0 Å². The Labute approximate surface area is 81.5 Å². The van der Waals surface area contributed by atoms with Crippen molar-refractivity contribution in [3.63, 3.8) is 0 Å². The molecule has 0 fully saturated rings. The number of hydrogen-bond acceptors (Lipinski definition) is 4. The first-order chi connectivity index (χ1) is 5.81. The molecule has 4 nitrogen and oxygen atoms in total. The van der Waals surface area contributed by atoms with E-state index in [9.17, 15) is 0 Å². The molecular formula is C6H5BrN4S. The summed E-state index contributed by atoms with van der Waals surface area (Å²) in [5, 5.41) is 8.99. The van der Waals surface area contributed by atoms with Gasteiger partial charge in [0.2, 0.25) is 0 Å². The highest BCUT2D eigenvalue weighted by molar-refractivity contribution is 9.10. The van der Waals surface area contributed by atoms with E-state index in [1.165, 1.54) is 6.33 Å². The number of hydrogen-bond donors (Lipinski definition) is 0. The summed E-state index contributed by atoms with van der Waals surface area (Å²) in [5.74, 6) is 0. The largest absolute Gasteiger partial charge is 0.226 e. The number of halogens is 1. The lowest BCUT2D eigenvalue weighted by Gasteiger charge is -1.94. The zero-order valence-electron chi connectivity index (χ0n) is 6.23. The normalized spacial score (nSPS) is 10.8.